The van der Waals surface area contributed by atoms with Crippen molar-refractivity contribution >= 4 is 16.3 Å². The van der Waals surface area contributed by atoms with Crippen molar-refractivity contribution in [3.8, 4) is 0 Å². The fraction of sp³-hybridized carbons (Fsp3) is 0.900. The van der Waals surface area contributed by atoms with Crippen molar-refractivity contribution in [2.24, 2.45) is 0 Å². The minimum Gasteiger partial charge on any atom is -0.275 e. The largest absolute Gasteiger partial charge is 0.413 e. The molecule has 10 heteroatoms. The Balaban J connectivity index is 1.65. The summed E-state index contributed by atoms with van der Waals surface area (Å²) in [7, 11) is -4.52. The summed E-state index contributed by atoms with van der Waals surface area (Å²) < 4.78 is 34.8. The van der Waals surface area contributed by atoms with Gasteiger partial charge >= 0.3 is 10.4 Å². The lowest BCUT2D eigenvalue weighted by Crippen LogP contribution is -2.49. The zero-order valence-electron chi connectivity index (χ0n) is 10.8. The summed E-state index contributed by atoms with van der Waals surface area (Å²) in [5.74, 6) is -0.0883. The number of carbonyl (C=O) groups is 1. The molecule has 114 valence electrons. The van der Waals surface area contributed by atoms with Crippen molar-refractivity contribution in [1.82, 2.24) is 15.0 Å². The number of hydroxylamine groups is 4. The van der Waals surface area contributed by atoms with Crippen LogP contribution in [0, 0.1) is 0 Å². The molecular weight excluding hydrogens is 290 g/mol. The van der Waals surface area contributed by atoms with Crippen LogP contribution in [0.25, 0.3) is 0 Å². The van der Waals surface area contributed by atoms with Gasteiger partial charge in [-0.3, -0.25) is 19.1 Å². The summed E-state index contributed by atoms with van der Waals surface area (Å²) in [5.41, 5.74) is 0. The number of hydrogen-bond donors (Lipinski definition) is 1. The molecule has 1 unspecified atom stereocenters. The topological polar surface area (TPSA) is 99.6 Å². The molecule has 2 bridgehead atoms. The van der Waals surface area contributed by atoms with E-state index in [1.165, 1.54) is 10.1 Å². The number of amides is 1. The second-order valence-corrected chi connectivity index (χ2v) is 6.21. The first-order valence-corrected chi connectivity index (χ1v) is 7.92. The molecule has 1 amide bonds. The normalized spacial score (nSPS) is 34.6. The Morgan fingerprint density at radius 3 is 2.80 bits per heavy atom. The molecule has 3 rings (SSSR count). The van der Waals surface area contributed by atoms with Gasteiger partial charge in [0.25, 0.3) is 5.91 Å². The third kappa shape index (κ3) is 2.80. The average Bonchev–Trinajstić information content (AvgIpc) is 2.97. The van der Waals surface area contributed by atoms with Gasteiger partial charge in [0.05, 0.1) is 31.9 Å². The molecular formula is C10H17N3O6S. The van der Waals surface area contributed by atoms with E-state index >= 15 is 0 Å². The molecule has 0 aliphatic carbocycles. The average molecular weight is 307 g/mol. The third-order valence-corrected chi connectivity index (χ3v) is 4.24. The maximum atomic E-state index is 12.3. The van der Waals surface area contributed by atoms with Gasteiger partial charge in [0.1, 0.15) is 0 Å². The fourth-order valence-electron chi connectivity index (χ4n) is 2.98. The van der Waals surface area contributed by atoms with E-state index in [4.69, 9.17) is 9.39 Å². The fourth-order valence-corrected chi connectivity index (χ4v) is 3.39. The van der Waals surface area contributed by atoms with E-state index < -0.39 is 10.4 Å². The molecule has 20 heavy (non-hydrogen) atoms. The van der Waals surface area contributed by atoms with Crippen LogP contribution in [-0.2, 0) is 24.3 Å². The van der Waals surface area contributed by atoms with Crippen LogP contribution in [0.3, 0.4) is 0 Å². The Morgan fingerprint density at radius 2 is 2.15 bits per heavy atom. The van der Waals surface area contributed by atoms with Gasteiger partial charge in [-0.25, -0.2) is 5.06 Å². The molecule has 3 heterocycles. The summed E-state index contributed by atoms with van der Waals surface area (Å²) in [5, 5.41) is 2.60. The van der Waals surface area contributed by atoms with Crippen molar-refractivity contribution in [2.75, 3.05) is 26.4 Å². The van der Waals surface area contributed by atoms with Crippen molar-refractivity contribution in [2.45, 2.75) is 31.3 Å². The second kappa shape index (κ2) is 5.20. The second-order valence-electron chi connectivity index (χ2n) is 5.21. The number of nitrogens with zero attached hydrogens (tertiary/aromatic N) is 3. The highest BCUT2D eigenvalue weighted by Crippen LogP contribution is 2.30. The van der Waals surface area contributed by atoms with E-state index in [9.17, 15) is 13.2 Å². The van der Waals surface area contributed by atoms with Crippen molar-refractivity contribution in [3.63, 3.8) is 0 Å². The molecule has 1 N–H and O–H groups in total. The van der Waals surface area contributed by atoms with Crippen LogP contribution in [0.4, 0.5) is 0 Å². The van der Waals surface area contributed by atoms with Gasteiger partial charge in [0.2, 0.25) is 0 Å². The third-order valence-electron chi connectivity index (χ3n) is 3.86. The Morgan fingerprint density at radius 1 is 1.35 bits per heavy atom. The van der Waals surface area contributed by atoms with Crippen LogP contribution in [0.1, 0.15) is 19.3 Å². The minimum absolute atomic E-state index is 0.0883. The molecule has 0 aromatic heterocycles. The van der Waals surface area contributed by atoms with Gasteiger partial charge in [0, 0.05) is 6.54 Å². The monoisotopic (exact) mass is 307 g/mol. The first-order chi connectivity index (χ1) is 9.44. The summed E-state index contributed by atoms with van der Waals surface area (Å²) in [6, 6.07) is -0.445. The van der Waals surface area contributed by atoms with Crippen molar-refractivity contribution < 1.29 is 26.9 Å². The number of rotatable bonds is 3. The standard InChI is InChI=1S/C10H17N3O6S/c14-10(12-4-1-5-18-12)9-3-2-8-6-11(9)7-13(8)19-20(15,16)17/h8-9H,1-7H2,(H,15,16,17)/t8-,9+/m1/s1. The van der Waals surface area contributed by atoms with Crippen LogP contribution in [0.5, 0.6) is 0 Å². The van der Waals surface area contributed by atoms with E-state index in [2.05, 4.69) is 4.28 Å². The maximum Gasteiger partial charge on any atom is 0.413 e. The number of piperidine rings is 1. The molecule has 0 aromatic carbocycles. The predicted octanol–water partition coefficient (Wildman–Crippen LogP) is -1.01. The van der Waals surface area contributed by atoms with E-state index in [0.717, 1.165) is 6.42 Å². The summed E-state index contributed by atoms with van der Waals surface area (Å²) in [6.07, 6.45) is 2.09. The molecule has 3 fully saturated rings. The molecule has 3 aliphatic rings. The number of carbonyl (C=O) groups excluding carboxylic acids is 1. The van der Waals surface area contributed by atoms with E-state index in [-0.39, 0.29) is 24.7 Å². The van der Waals surface area contributed by atoms with E-state index in [1.54, 1.807) is 0 Å². The van der Waals surface area contributed by atoms with Gasteiger partial charge in [-0.05, 0) is 19.3 Å². The van der Waals surface area contributed by atoms with E-state index in [1.807, 2.05) is 4.90 Å². The summed E-state index contributed by atoms with van der Waals surface area (Å²) in [4.78, 5) is 19.4. The highest BCUT2D eigenvalue weighted by atomic mass is 32.3. The van der Waals surface area contributed by atoms with Crippen LogP contribution in [0.2, 0.25) is 0 Å². The lowest BCUT2D eigenvalue weighted by atomic mass is 10.0. The molecule has 0 spiro atoms. The Hall–Kier alpha value is -0.780. The zero-order chi connectivity index (χ0) is 14.3. The predicted molar refractivity (Wildman–Crippen MR) is 65.1 cm³/mol. The summed E-state index contributed by atoms with van der Waals surface area (Å²) in [6.45, 7) is 1.87. The van der Waals surface area contributed by atoms with Gasteiger partial charge in [0.15, 0.2) is 0 Å². The molecule has 3 saturated heterocycles. The van der Waals surface area contributed by atoms with Crippen LogP contribution >= 0.6 is 0 Å². The van der Waals surface area contributed by atoms with Crippen LogP contribution < -0.4 is 0 Å². The molecule has 0 radical (unpaired) electrons. The Bertz CT molecular complexity index is 491. The number of fused-ring (bicyclic) bond motifs is 2. The minimum atomic E-state index is -4.52. The zero-order valence-corrected chi connectivity index (χ0v) is 11.7. The molecule has 9 nitrogen and oxygen atoms in total. The van der Waals surface area contributed by atoms with Gasteiger partial charge in [-0.15, -0.1) is 0 Å². The smallest absolute Gasteiger partial charge is 0.275 e. The quantitative estimate of drug-likeness (QED) is 0.662. The molecule has 3 atom stereocenters. The SMILES string of the molecule is O=C([C@@H]1CC[C@@H]2CN1CN2OS(=O)(=O)O)N1CCCO1. The molecule has 3 aliphatic heterocycles. The maximum absolute atomic E-state index is 12.3. The Kier molecular flexibility index (Phi) is 3.69. The summed E-state index contributed by atoms with van der Waals surface area (Å²) >= 11 is 0. The van der Waals surface area contributed by atoms with Crippen molar-refractivity contribution in [3.05, 3.63) is 0 Å². The Labute approximate surface area is 116 Å². The van der Waals surface area contributed by atoms with Gasteiger partial charge in [-0.1, -0.05) is 0 Å². The van der Waals surface area contributed by atoms with Gasteiger partial charge < -0.3 is 0 Å². The van der Waals surface area contributed by atoms with Crippen LogP contribution in [-0.4, -0.2) is 72.4 Å². The lowest BCUT2D eigenvalue weighted by Gasteiger charge is -2.31. The molecule has 0 aromatic rings. The molecule has 0 saturated carbocycles. The first-order valence-electron chi connectivity index (χ1n) is 6.56. The number of hydrogen-bond acceptors (Lipinski definition) is 7. The first kappa shape index (κ1) is 14.2. The highest BCUT2D eigenvalue weighted by molar-refractivity contribution is 7.80. The van der Waals surface area contributed by atoms with Crippen molar-refractivity contribution in [1.29, 1.82) is 0 Å². The van der Waals surface area contributed by atoms with Crippen LogP contribution in [0.15, 0.2) is 0 Å². The highest BCUT2D eigenvalue weighted by Gasteiger charge is 2.45. The van der Waals surface area contributed by atoms with Gasteiger partial charge in [-0.2, -0.15) is 17.8 Å². The van der Waals surface area contributed by atoms with E-state index in [0.29, 0.717) is 32.5 Å². The lowest BCUT2D eigenvalue weighted by molar-refractivity contribution is -0.175.